The van der Waals surface area contributed by atoms with Crippen molar-refractivity contribution in [2.45, 2.75) is 161 Å². The molecule has 23 nitrogen and oxygen atoms in total. The highest BCUT2D eigenvalue weighted by molar-refractivity contribution is 4.99. The summed E-state index contributed by atoms with van der Waals surface area (Å²) in [5.74, 6) is 0. The molecule has 5 rings (SSSR count). The van der Waals surface area contributed by atoms with E-state index in [2.05, 4.69) is 10.0 Å². The fraction of sp³-hybridized carbons (Fsp3) is 1.00. The van der Waals surface area contributed by atoms with Crippen LogP contribution in [-0.4, -0.2) is 201 Å². The summed E-state index contributed by atoms with van der Waals surface area (Å²) in [7, 11) is 0. The summed E-state index contributed by atoms with van der Waals surface area (Å²) in [5.41, 5.74) is 27.5. The van der Waals surface area contributed by atoms with Crippen molar-refractivity contribution >= 4 is 0 Å². The molecule has 0 spiro atoms. The van der Waals surface area contributed by atoms with E-state index in [4.69, 9.17) is 60.6 Å². The van der Waals surface area contributed by atoms with Crippen molar-refractivity contribution < 1.29 is 83.9 Å². The molecule has 0 bridgehead atoms. The first-order valence-electron chi connectivity index (χ1n) is 17.2. The Balaban J connectivity index is 1.27. The number of azide groups is 1. The summed E-state index contributed by atoms with van der Waals surface area (Å²) in [6, 6.07) is -3.12. The maximum Gasteiger partial charge on any atom is 0.187 e. The number of nitrogens with zero attached hydrogens (tertiary/aromatic N) is 3. The van der Waals surface area contributed by atoms with E-state index in [0.29, 0.717) is 6.42 Å². The minimum Gasteiger partial charge on any atom is -0.394 e. The Labute approximate surface area is 297 Å². The van der Waals surface area contributed by atoms with E-state index in [-0.39, 0.29) is 19.4 Å². The Kier molecular flexibility index (Phi) is 14.4. The predicted octanol–water partition coefficient (Wildman–Crippen LogP) is -6.57. The van der Waals surface area contributed by atoms with Crippen LogP contribution in [-0.2, 0) is 37.9 Å². The van der Waals surface area contributed by atoms with E-state index in [1.807, 2.05) is 0 Å². The summed E-state index contributed by atoms with van der Waals surface area (Å²) in [4.78, 5) is 2.74. The molecule has 0 aromatic heterocycles. The molecule has 22 unspecified atom stereocenters. The summed E-state index contributed by atoms with van der Waals surface area (Å²) < 4.78 is 46.8. The third-order valence-electron chi connectivity index (χ3n) is 10.2. The van der Waals surface area contributed by atoms with Crippen molar-refractivity contribution in [1.82, 2.24) is 0 Å². The monoisotopic (exact) mass is 756 g/mol. The molecule has 15 N–H and O–H groups in total. The number of hydrogen-bond donors (Lipinski definition) is 12. The third-order valence-corrected chi connectivity index (χ3v) is 10.2. The summed E-state index contributed by atoms with van der Waals surface area (Å²) in [6.45, 7) is 0.0147. The van der Waals surface area contributed by atoms with Gasteiger partial charge in [0.05, 0.1) is 68.5 Å². The van der Waals surface area contributed by atoms with Gasteiger partial charge in [0.1, 0.15) is 54.9 Å². The Bertz CT molecular complexity index is 1200. The maximum atomic E-state index is 11.4. The lowest BCUT2D eigenvalue weighted by Gasteiger charge is -2.46. The Morgan fingerprint density at radius 2 is 1.29 bits per heavy atom. The molecule has 1 saturated carbocycles. The van der Waals surface area contributed by atoms with E-state index in [0.717, 1.165) is 0 Å². The van der Waals surface area contributed by atoms with Gasteiger partial charge in [0, 0.05) is 17.4 Å². The van der Waals surface area contributed by atoms with Crippen LogP contribution in [0.4, 0.5) is 0 Å². The zero-order valence-electron chi connectivity index (χ0n) is 28.3. The summed E-state index contributed by atoms with van der Waals surface area (Å²) in [6.07, 6.45) is -24.8. The average Bonchev–Trinajstić information content (AvgIpc) is 3.41. The fourth-order valence-electron chi connectivity index (χ4n) is 7.07. The SMILES string of the molecule is CC1OC(OC2C(CN=[N+]=[N-])OC(OC3C(OC4OC(CO)CC(O)C4N)CCC(N)C3O)C2O)C(N)C(O)C1OC1OC(CO)C(O)C(O)C1O. The van der Waals surface area contributed by atoms with E-state index < -0.39 is 148 Å². The van der Waals surface area contributed by atoms with Crippen LogP contribution in [0.1, 0.15) is 26.2 Å². The first-order valence-corrected chi connectivity index (χ1v) is 17.2. The van der Waals surface area contributed by atoms with Gasteiger partial charge in [-0.05, 0) is 25.3 Å². The highest BCUT2D eigenvalue weighted by Crippen LogP contribution is 2.35. The van der Waals surface area contributed by atoms with Gasteiger partial charge in [-0.25, -0.2) is 0 Å². The quantitative estimate of drug-likeness (QED) is 0.0500. The lowest BCUT2D eigenvalue weighted by molar-refractivity contribution is -0.347. The van der Waals surface area contributed by atoms with Gasteiger partial charge in [0.15, 0.2) is 25.2 Å². The van der Waals surface area contributed by atoms with Gasteiger partial charge in [-0.3, -0.25) is 0 Å². The second-order valence-electron chi connectivity index (χ2n) is 13.8. The van der Waals surface area contributed by atoms with Crippen LogP contribution in [0.2, 0.25) is 0 Å². The fourth-order valence-corrected chi connectivity index (χ4v) is 7.07. The number of nitrogens with two attached hydrogens (primary N) is 3. The Morgan fingerprint density at radius 3 is 1.96 bits per heavy atom. The van der Waals surface area contributed by atoms with E-state index in [9.17, 15) is 46.0 Å². The Morgan fingerprint density at radius 1 is 0.654 bits per heavy atom. The largest absolute Gasteiger partial charge is 0.394 e. The molecule has 52 heavy (non-hydrogen) atoms. The smallest absolute Gasteiger partial charge is 0.187 e. The van der Waals surface area contributed by atoms with Gasteiger partial charge in [0.25, 0.3) is 0 Å². The highest BCUT2D eigenvalue weighted by Gasteiger charge is 2.54. The Hall–Kier alpha value is -1.49. The molecule has 0 aromatic rings. The van der Waals surface area contributed by atoms with Crippen LogP contribution in [0.5, 0.6) is 0 Å². The molecule has 4 saturated heterocycles. The maximum absolute atomic E-state index is 11.4. The second-order valence-corrected chi connectivity index (χ2v) is 13.8. The third kappa shape index (κ3) is 8.81. The zero-order chi connectivity index (χ0) is 38.0. The number of hydrogen-bond acceptors (Lipinski definition) is 21. The van der Waals surface area contributed by atoms with Crippen molar-refractivity contribution in [2.75, 3.05) is 19.8 Å². The number of aliphatic hydroxyl groups excluding tert-OH is 9. The normalized spacial score (nSPS) is 51.6. The van der Waals surface area contributed by atoms with Crippen LogP contribution in [0.3, 0.4) is 0 Å². The topological polar surface area (TPSA) is 383 Å². The van der Waals surface area contributed by atoms with Crippen molar-refractivity contribution in [3.8, 4) is 0 Å². The molecular formula is C29H52N6O17. The standard InChI is InChI=1S/C29H52N6O17/c1-8-23(50-28-21(43)20(42)18(40)14(7-37)49-28)19(41)16(32)27(45-8)51-25-13(5-34-35-33)48-29(22(25)44)52-24-12(3-2-10(30)17(24)39)47-26-15(31)11(38)4-9(6-36)46-26/h8-29,36-44H,2-7,30-32H2,1H3. The van der Waals surface area contributed by atoms with Crippen molar-refractivity contribution in [3.05, 3.63) is 10.4 Å². The van der Waals surface area contributed by atoms with Gasteiger partial charge in [-0.1, -0.05) is 5.11 Å². The minimum absolute atomic E-state index is 0.0851. The number of ether oxygens (including phenoxy) is 8. The molecule has 5 aliphatic rings. The first-order chi connectivity index (χ1) is 24.7. The van der Waals surface area contributed by atoms with Crippen LogP contribution >= 0.6 is 0 Å². The number of rotatable bonds is 12. The van der Waals surface area contributed by atoms with E-state index in [1.54, 1.807) is 0 Å². The lowest BCUT2D eigenvalue weighted by Crippen LogP contribution is -2.66. The minimum atomic E-state index is -1.76. The molecular weight excluding hydrogens is 704 g/mol. The molecule has 4 heterocycles. The average molecular weight is 757 g/mol. The van der Waals surface area contributed by atoms with Crippen LogP contribution in [0.15, 0.2) is 5.11 Å². The molecule has 0 amide bonds. The molecule has 5 fully saturated rings. The summed E-state index contributed by atoms with van der Waals surface area (Å²) >= 11 is 0. The number of aliphatic hydroxyl groups is 9. The van der Waals surface area contributed by atoms with Gasteiger partial charge in [0.2, 0.25) is 0 Å². The van der Waals surface area contributed by atoms with E-state index >= 15 is 0 Å². The van der Waals surface area contributed by atoms with Crippen LogP contribution in [0.25, 0.3) is 10.4 Å². The second kappa shape index (κ2) is 18.0. The summed E-state index contributed by atoms with van der Waals surface area (Å²) in [5, 5.41) is 97.2. The molecule has 300 valence electrons. The highest BCUT2D eigenvalue weighted by atomic mass is 16.8. The van der Waals surface area contributed by atoms with Crippen LogP contribution < -0.4 is 17.2 Å². The van der Waals surface area contributed by atoms with Crippen molar-refractivity contribution in [3.63, 3.8) is 0 Å². The molecule has 4 aliphatic heterocycles. The van der Waals surface area contributed by atoms with Gasteiger partial charge in [-0.2, -0.15) is 0 Å². The predicted molar refractivity (Wildman–Crippen MR) is 168 cm³/mol. The van der Waals surface area contributed by atoms with Crippen molar-refractivity contribution in [1.29, 1.82) is 0 Å². The zero-order valence-corrected chi connectivity index (χ0v) is 28.3. The molecule has 1 aliphatic carbocycles. The molecule has 0 radical (unpaired) electrons. The van der Waals surface area contributed by atoms with Gasteiger partial charge >= 0.3 is 0 Å². The first kappa shape index (κ1) is 41.7. The molecule has 23 heteroatoms. The van der Waals surface area contributed by atoms with Crippen LogP contribution in [0, 0.1) is 0 Å². The van der Waals surface area contributed by atoms with Crippen molar-refractivity contribution in [2.24, 2.45) is 22.3 Å². The molecule has 0 aromatic carbocycles. The molecule has 22 atom stereocenters. The van der Waals surface area contributed by atoms with E-state index in [1.165, 1.54) is 6.92 Å². The van der Waals surface area contributed by atoms with Gasteiger partial charge in [-0.15, -0.1) is 0 Å². The lowest BCUT2D eigenvalue weighted by atomic mass is 9.87. The van der Waals surface area contributed by atoms with Gasteiger partial charge < -0.3 is 101 Å².